The third kappa shape index (κ3) is 3.07. The van der Waals surface area contributed by atoms with Crippen LogP contribution in [-0.2, 0) is 4.74 Å². The van der Waals surface area contributed by atoms with E-state index in [0.717, 1.165) is 27.2 Å². The van der Waals surface area contributed by atoms with Crippen LogP contribution in [0.2, 0.25) is 0 Å². The third-order valence-corrected chi connectivity index (χ3v) is 4.53. The maximum atomic E-state index is 11.7. The van der Waals surface area contributed by atoms with Crippen LogP contribution < -0.4 is 5.32 Å². The van der Waals surface area contributed by atoms with E-state index in [9.17, 15) is 4.79 Å². The van der Waals surface area contributed by atoms with E-state index in [2.05, 4.69) is 25.7 Å². The Balaban J connectivity index is 1.58. The summed E-state index contributed by atoms with van der Waals surface area (Å²) in [4.78, 5) is 11.7. The summed E-state index contributed by atoms with van der Waals surface area (Å²) < 4.78 is 4.75. The number of nitrogens with one attached hydrogen (secondary N) is 2. The summed E-state index contributed by atoms with van der Waals surface area (Å²) in [5.74, 6) is -0.377. The molecule has 0 bridgehead atoms. The molecule has 0 unspecified atom stereocenters. The first-order chi connectivity index (χ1) is 12.2. The van der Waals surface area contributed by atoms with Crippen molar-refractivity contribution in [3.8, 4) is 10.6 Å². The topological polar surface area (TPSA) is 92.8 Å². The van der Waals surface area contributed by atoms with Crippen LogP contribution in [0.3, 0.4) is 0 Å². The number of nitrogens with zero attached hydrogens (tertiary/aromatic N) is 3. The second-order valence-electron chi connectivity index (χ2n) is 5.28. The van der Waals surface area contributed by atoms with Gasteiger partial charge in [-0.05, 0) is 30.3 Å². The predicted octanol–water partition coefficient (Wildman–Crippen LogP) is 3.61. The first-order valence-electron chi connectivity index (χ1n) is 7.45. The van der Waals surface area contributed by atoms with Gasteiger partial charge in [0.15, 0.2) is 0 Å². The van der Waals surface area contributed by atoms with Crippen LogP contribution in [0.25, 0.3) is 21.5 Å². The highest BCUT2D eigenvalue weighted by molar-refractivity contribution is 7.18. The van der Waals surface area contributed by atoms with Crippen molar-refractivity contribution in [3.05, 3.63) is 54.2 Å². The van der Waals surface area contributed by atoms with Crippen molar-refractivity contribution >= 4 is 39.0 Å². The number of ether oxygens (including phenoxy) is 1. The molecule has 0 radical (unpaired) electrons. The summed E-state index contributed by atoms with van der Waals surface area (Å²) in [7, 11) is 1.36. The summed E-state index contributed by atoms with van der Waals surface area (Å²) >= 11 is 1.41. The Kier molecular flexibility index (Phi) is 3.87. The molecule has 2 aromatic heterocycles. The van der Waals surface area contributed by atoms with E-state index >= 15 is 0 Å². The van der Waals surface area contributed by atoms with Crippen LogP contribution in [0.4, 0.5) is 10.8 Å². The van der Waals surface area contributed by atoms with Crippen LogP contribution in [0, 0.1) is 0 Å². The van der Waals surface area contributed by atoms with E-state index in [0.29, 0.717) is 10.7 Å². The fraction of sp³-hybridized carbons (Fsp3) is 0.0588. The van der Waals surface area contributed by atoms with E-state index in [-0.39, 0.29) is 5.97 Å². The maximum absolute atomic E-state index is 11.7. The quantitative estimate of drug-likeness (QED) is 0.546. The number of benzene rings is 2. The van der Waals surface area contributed by atoms with E-state index in [1.54, 1.807) is 24.4 Å². The van der Waals surface area contributed by atoms with Crippen LogP contribution in [0.5, 0.6) is 0 Å². The Labute approximate surface area is 146 Å². The standard InChI is InChI=1S/C17H13N5O2S/c1-24-16(23)11-4-2-3-10(7-11)15-21-22-17(25-15)19-13-5-6-14-12(8-13)9-18-20-14/h2-9H,1H3,(H,18,20)(H,19,22). The molecule has 0 atom stereocenters. The van der Waals surface area contributed by atoms with Crippen molar-refractivity contribution in [2.45, 2.75) is 0 Å². The number of aromatic amines is 1. The van der Waals surface area contributed by atoms with Gasteiger partial charge in [-0.3, -0.25) is 5.10 Å². The van der Waals surface area contributed by atoms with Crippen LogP contribution in [-0.4, -0.2) is 33.5 Å². The Morgan fingerprint density at radius 1 is 1.20 bits per heavy atom. The van der Waals surface area contributed by atoms with Crippen LogP contribution in [0.15, 0.2) is 48.7 Å². The number of carbonyl (C=O) groups is 1. The SMILES string of the molecule is COC(=O)c1cccc(-c2nnc(Nc3ccc4[nH]ncc4c3)s2)c1. The number of methoxy groups -OCH3 is 1. The Hall–Kier alpha value is -3.26. The van der Waals surface area contributed by atoms with Crippen molar-refractivity contribution < 1.29 is 9.53 Å². The second-order valence-corrected chi connectivity index (χ2v) is 6.26. The van der Waals surface area contributed by atoms with Crippen LogP contribution in [0.1, 0.15) is 10.4 Å². The highest BCUT2D eigenvalue weighted by atomic mass is 32.1. The van der Waals surface area contributed by atoms with Gasteiger partial charge in [-0.2, -0.15) is 5.10 Å². The number of esters is 1. The average molecular weight is 351 g/mol. The first-order valence-corrected chi connectivity index (χ1v) is 8.27. The zero-order valence-electron chi connectivity index (χ0n) is 13.2. The molecule has 0 spiro atoms. The van der Waals surface area contributed by atoms with Gasteiger partial charge >= 0.3 is 5.97 Å². The lowest BCUT2D eigenvalue weighted by Crippen LogP contribution is -2.00. The van der Waals surface area contributed by atoms with Crippen molar-refractivity contribution in [1.82, 2.24) is 20.4 Å². The van der Waals surface area contributed by atoms with Gasteiger partial charge in [-0.15, -0.1) is 10.2 Å². The summed E-state index contributed by atoms with van der Waals surface area (Å²) in [6.45, 7) is 0. The van der Waals surface area contributed by atoms with Crippen molar-refractivity contribution in [1.29, 1.82) is 0 Å². The van der Waals surface area contributed by atoms with Gasteiger partial charge in [0, 0.05) is 16.6 Å². The van der Waals surface area contributed by atoms with E-state index in [4.69, 9.17) is 4.74 Å². The number of hydrogen-bond donors (Lipinski definition) is 2. The van der Waals surface area contributed by atoms with Crippen molar-refractivity contribution in [2.75, 3.05) is 12.4 Å². The summed E-state index contributed by atoms with van der Waals surface area (Å²) in [6.07, 6.45) is 1.77. The second kappa shape index (κ2) is 6.33. The summed E-state index contributed by atoms with van der Waals surface area (Å²) in [5.41, 5.74) is 3.18. The Morgan fingerprint density at radius 3 is 3.00 bits per heavy atom. The molecule has 0 aliphatic heterocycles. The van der Waals surface area contributed by atoms with Crippen molar-refractivity contribution in [2.24, 2.45) is 0 Å². The Bertz CT molecular complexity index is 1060. The first kappa shape index (κ1) is 15.3. The highest BCUT2D eigenvalue weighted by Crippen LogP contribution is 2.29. The van der Waals surface area contributed by atoms with Gasteiger partial charge < -0.3 is 10.1 Å². The zero-order valence-corrected chi connectivity index (χ0v) is 14.0. The Morgan fingerprint density at radius 2 is 2.12 bits per heavy atom. The molecule has 4 rings (SSSR count). The molecule has 8 heteroatoms. The lowest BCUT2D eigenvalue weighted by molar-refractivity contribution is 0.0601. The van der Waals surface area contributed by atoms with Gasteiger partial charge in [-0.1, -0.05) is 23.5 Å². The molecule has 2 aromatic carbocycles. The number of H-pyrrole nitrogens is 1. The normalized spacial score (nSPS) is 10.8. The smallest absolute Gasteiger partial charge is 0.337 e. The molecular formula is C17H13N5O2S. The fourth-order valence-electron chi connectivity index (χ4n) is 2.43. The number of carbonyl (C=O) groups excluding carboxylic acids is 1. The molecular weight excluding hydrogens is 338 g/mol. The minimum atomic E-state index is -0.377. The van der Waals surface area contributed by atoms with Crippen molar-refractivity contribution in [3.63, 3.8) is 0 Å². The third-order valence-electron chi connectivity index (χ3n) is 3.65. The van der Waals surface area contributed by atoms with E-state index in [1.165, 1.54) is 18.4 Å². The number of hydrogen-bond acceptors (Lipinski definition) is 7. The molecule has 25 heavy (non-hydrogen) atoms. The number of rotatable bonds is 4. The minimum absolute atomic E-state index is 0.377. The lowest BCUT2D eigenvalue weighted by Gasteiger charge is -2.02. The molecule has 2 heterocycles. The van der Waals surface area contributed by atoms with Gasteiger partial charge in [0.05, 0.1) is 24.4 Å². The molecule has 0 aliphatic carbocycles. The maximum Gasteiger partial charge on any atom is 0.337 e. The fourth-order valence-corrected chi connectivity index (χ4v) is 3.19. The molecule has 7 nitrogen and oxygen atoms in total. The molecule has 0 amide bonds. The van der Waals surface area contributed by atoms with Gasteiger partial charge in [-0.25, -0.2) is 4.79 Å². The molecule has 0 saturated carbocycles. The predicted molar refractivity (Wildman–Crippen MR) is 96.1 cm³/mol. The lowest BCUT2D eigenvalue weighted by atomic mass is 10.1. The molecule has 2 N–H and O–H groups in total. The van der Waals surface area contributed by atoms with E-state index in [1.807, 2.05) is 24.3 Å². The van der Waals surface area contributed by atoms with Gasteiger partial charge in [0.1, 0.15) is 5.01 Å². The molecule has 124 valence electrons. The van der Waals surface area contributed by atoms with Crippen LogP contribution >= 0.6 is 11.3 Å². The average Bonchev–Trinajstić information content (AvgIpc) is 3.30. The largest absolute Gasteiger partial charge is 0.465 e. The minimum Gasteiger partial charge on any atom is -0.465 e. The summed E-state index contributed by atoms with van der Waals surface area (Å²) in [6, 6.07) is 13.0. The summed E-state index contributed by atoms with van der Waals surface area (Å²) in [5, 5.41) is 20.9. The van der Waals surface area contributed by atoms with Gasteiger partial charge in [0.25, 0.3) is 0 Å². The molecule has 0 fully saturated rings. The monoisotopic (exact) mass is 351 g/mol. The van der Waals surface area contributed by atoms with E-state index < -0.39 is 0 Å². The number of aromatic nitrogens is 4. The zero-order chi connectivity index (χ0) is 17.2. The number of fused-ring (bicyclic) bond motifs is 1. The molecule has 4 aromatic rings. The highest BCUT2D eigenvalue weighted by Gasteiger charge is 2.11. The van der Waals surface area contributed by atoms with Gasteiger partial charge in [0.2, 0.25) is 5.13 Å². The number of anilines is 2. The molecule has 0 saturated heterocycles. The molecule has 0 aliphatic rings.